The Morgan fingerprint density at radius 3 is 2.43 bits per heavy atom. The van der Waals surface area contributed by atoms with Gasteiger partial charge < -0.3 is 14.6 Å². The maximum absolute atomic E-state index is 12.7. The minimum atomic E-state index is -1.06. The second-order valence-electron chi connectivity index (χ2n) is 4.10. The monoisotopic (exact) mass is 354 g/mol. The topological polar surface area (TPSA) is 55.8 Å². The predicted octanol–water partition coefficient (Wildman–Crippen LogP) is 3.74. The lowest BCUT2D eigenvalue weighted by molar-refractivity contribution is 0.0691. The van der Waals surface area contributed by atoms with E-state index in [0.717, 1.165) is 0 Å². The van der Waals surface area contributed by atoms with Gasteiger partial charge in [-0.2, -0.15) is 0 Å². The van der Waals surface area contributed by atoms with E-state index < -0.39 is 5.97 Å². The van der Waals surface area contributed by atoms with Crippen LogP contribution < -0.4 is 9.47 Å². The summed E-state index contributed by atoms with van der Waals surface area (Å²) in [5, 5.41) is 9.08. The van der Waals surface area contributed by atoms with Crippen LogP contribution in [-0.4, -0.2) is 24.3 Å². The van der Waals surface area contributed by atoms with Gasteiger partial charge in [0.1, 0.15) is 36.1 Å². The van der Waals surface area contributed by atoms with Crippen LogP contribution >= 0.6 is 15.9 Å². The molecule has 4 nitrogen and oxygen atoms in total. The van der Waals surface area contributed by atoms with Gasteiger partial charge in [0, 0.05) is 4.47 Å². The summed E-state index contributed by atoms with van der Waals surface area (Å²) in [6, 6.07) is 10.4. The zero-order valence-corrected chi connectivity index (χ0v) is 12.5. The molecular formula is C15H12BrFO4. The van der Waals surface area contributed by atoms with Crippen LogP contribution in [0.4, 0.5) is 4.39 Å². The van der Waals surface area contributed by atoms with E-state index in [2.05, 4.69) is 15.9 Å². The number of hydrogen-bond donors (Lipinski definition) is 1. The van der Waals surface area contributed by atoms with Crippen molar-refractivity contribution in [3.05, 3.63) is 58.3 Å². The Morgan fingerprint density at radius 1 is 1.10 bits per heavy atom. The molecule has 0 aliphatic rings. The summed E-state index contributed by atoms with van der Waals surface area (Å²) < 4.78 is 24.1. The molecule has 0 unspecified atom stereocenters. The Balaban J connectivity index is 1.89. The summed E-state index contributed by atoms with van der Waals surface area (Å²) in [5.74, 6) is -0.604. The van der Waals surface area contributed by atoms with Crippen LogP contribution in [0.1, 0.15) is 10.4 Å². The largest absolute Gasteiger partial charge is 0.490 e. The lowest BCUT2D eigenvalue weighted by atomic mass is 10.2. The van der Waals surface area contributed by atoms with Crippen LogP contribution in [0.25, 0.3) is 0 Å². The molecule has 6 heteroatoms. The van der Waals surface area contributed by atoms with Crippen molar-refractivity contribution in [3.63, 3.8) is 0 Å². The Kier molecular flexibility index (Phi) is 5.16. The van der Waals surface area contributed by atoms with Crippen LogP contribution in [0.5, 0.6) is 11.5 Å². The first-order valence-electron chi connectivity index (χ1n) is 6.10. The van der Waals surface area contributed by atoms with Crippen LogP contribution in [0.15, 0.2) is 46.9 Å². The van der Waals surface area contributed by atoms with Crippen molar-refractivity contribution in [2.24, 2.45) is 0 Å². The number of carbonyl (C=O) groups is 1. The number of hydrogen-bond acceptors (Lipinski definition) is 3. The third kappa shape index (κ3) is 4.46. The molecule has 0 fully saturated rings. The van der Waals surface area contributed by atoms with Gasteiger partial charge in [-0.05, 0) is 42.5 Å². The summed E-state index contributed by atoms with van der Waals surface area (Å²) in [5.41, 5.74) is 0.0751. The second kappa shape index (κ2) is 7.08. The highest BCUT2D eigenvalue weighted by Crippen LogP contribution is 2.23. The van der Waals surface area contributed by atoms with Gasteiger partial charge in [0.25, 0.3) is 0 Å². The molecule has 0 aliphatic heterocycles. The van der Waals surface area contributed by atoms with Crippen LogP contribution in [0.2, 0.25) is 0 Å². The number of carboxylic acids is 1. The first-order valence-corrected chi connectivity index (χ1v) is 6.89. The molecule has 0 amide bonds. The van der Waals surface area contributed by atoms with E-state index in [-0.39, 0.29) is 30.3 Å². The van der Waals surface area contributed by atoms with E-state index in [9.17, 15) is 9.18 Å². The molecule has 110 valence electrons. The summed E-state index contributed by atoms with van der Waals surface area (Å²) in [7, 11) is 0. The molecule has 0 aromatic heterocycles. The average Bonchev–Trinajstić information content (AvgIpc) is 2.46. The minimum Gasteiger partial charge on any atom is -0.490 e. The third-order valence-electron chi connectivity index (χ3n) is 2.60. The smallest absolute Gasteiger partial charge is 0.339 e. The number of ether oxygens (including phenoxy) is 2. The Morgan fingerprint density at radius 2 is 1.76 bits per heavy atom. The lowest BCUT2D eigenvalue weighted by Gasteiger charge is -2.10. The maximum atomic E-state index is 12.7. The highest BCUT2D eigenvalue weighted by molar-refractivity contribution is 9.10. The first-order chi connectivity index (χ1) is 10.1. The predicted molar refractivity (Wildman–Crippen MR) is 78.5 cm³/mol. The van der Waals surface area contributed by atoms with E-state index in [0.29, 0.717) is 10.2 Å². The van der Waals surface area contributed by atoms with Gasteiger partial charge in [-0.25, -0.2) is 9.18 Å². The molecule has 21 heavy (non-hydrogen) atoms. The summed E-state index contributed by atoms with van der Waals surface area (Å²) in [6.45, 7) is 0.403. The summed E-state index contributed by atoms with van der Waals surface area (Å²) in [6.07, 6.45) is 0. The standard InChI is InChI=1S/C15H12BrFO4/c16-10-1-6-14(13(9-10)15(18)19)21-8-7-20-12-4-2-11(17)3-5-12/h1-6,9H,7-8H2,(H,18,19). The molecule has 0 bridgehead atoms. The number of aromatic carboxylic acids is 1. The molecule has 2 aromatic rings. The van der Waals surface area contributed by atoms with Gasteiger partial charge in [-0.15, -0.1) is 0 Å². The fourth-order valence-electron chi connectivity index (χ4n) is 1.64. The number of carboxylic acid groups (broad SMARTS) is 1. The van der Waals surface area contributed by atoms with E-state index >= 15 is 0 Å². The normalized spacial score (nSPS) is 10.2. The minimum absolute atomic E-state index is 0.0751. The van der Waals surface area contributed by atoms with Crippen molar-refractivity contribution >= 4 is 21.9 Å². The molecule has 0 heterocycles. The van der Waals surface area contributed by atoms with Crippen molar-refractivity contribution in [1.29, 1.82) is 0 Å². The van der Waals surface area contributed by atoms with Crippen LogP contribution in [-0.2, 0) is 0 Å². The number of benzene rings is 2. The molecule has 0 spiro atoms. The van der Waals surface area contributed by atoms with Gasteiger partial charge >= 0.3 is 5.97 Å². The van der Waals surface area contributed by atoms with Gasteiger partial charge in [0.15, 0.2) is 0 Å². The highest BCUT2D eigenvalue weighted by Gasteiger charge is 2.11. The molecule has 0 saturated carbocycles. The first kappa shape index (κ1) is 15.3. The molecule has 2 aromatic carbocycles. The van der Waals surface area contributed by atoms with Gasteiger partial charge in [0.2, 0.25) is 0 Å². The van der Waals surface area contributed by atoms with Crippen molar-refractivity contribution in [2.45, 2.75) is 0 Å². The SMILES string of the molecule is O=C(O)c1cc(Br)ccc1OCCOc1ccc(F)cc1. The van der Waals surface area contributed by atoms with Crippen molar-refractivity contribution in [2.75, 3.05) is 13.2 Å². The van der Waals surface area contributed by atoms with Crippen molar-refractivity contribution in [1.82, 2.24) is 0 Å². The Hall–Kier alpha value is -2.08. The van der Waals surface area contributed by atoms with Crippen molar-refractivity contribution < 1.29 is 23.8 Å². The zero-order valence-electron chi connectivity index (χ0n) is 10.9. The second-order valence-corrected chi connectivity index (χ2v) is 5.01. The van der Waals surface area contributed by atoms with Crippen molar-refractivity contribution in [3.8, 4) is 11.5 Å². The fourth-order valence-corrected chi connectivity index (χ4v) is 2.00. The molecule has 0 radical (unpaired) electrons. The van der Waals surface area contributed by atoms with Gasteiger partial charge in [-0.3, -0.25) is 0 Å². The molecule has 2 rings (SSSR count). The van der Waals surface area contributed by atoms with Crippen LogP contribution in [0.3, 0.4) is 0 Å². The van der Waals surface area contributed by atoms with E-state index in [4.69, 9.17) is 14.6 Å². The Bertz CT molecular complexity index is 628. The zero-order chi connectivity index (χ0) is 15.2. The average molecular weight is 355 g/mol. The highest BCUT2D eigenvalue weighted by atomic mass is 79.9. The van der Waals surface area contributed by atoms with Crippen LogP contribution in [0, 0.1) is 5.82 Å². The third-order valence-corrected chi connectivity index (χ3v) is 3.09. The Labute approximate surface area is 129 Å². The van der Waals surface area contributed by atoms with E-state index in [1.54, 1.807) is 12.1 Å². The molecule has 0 aliphatic carbocycles. The summed E-state index contributed by atoms with van der Waals surface area (Å²) >= 11 is 3.21. The molecule has 0 saturated heterocycles. The number of halogens is 2. The quantitative estimate of drug-likeness (QED) is 0.802. The molecular weight excluding hydrogens is 343 g/mol. The van der Waals surface area contributed by atoms with Gasteiger partial charge in [-0.1, -0.05) is 15.9 Å². The number of rotatable bonds is 6. The fraction of sp³-hybridized carbons (Fsp3) is 0.133. The van der Waals surface area contributed by atoms with E-state index in [1.165, 1.54) is 30.3 Å². The summed E-state index contributed by atoms with van der Waals surface area (Å²) in [4.78, 5) is 11.1. The lowest BCUT2D eigenvalue weighted by Crippen LogP contribution is -2.11. The van der Waals surface area contributed by atoms with Gasteiger partial charge in [0.05, 0.1) is 0 Å². The molecule has 1 N–H and O–H groups in total. The van der Waals surface area contributed by atoms with E-state index in [1.807, 2.05) is 0 Å². The molecule has 0 atom stereocenters. The maximum Gasteiger partial charge on any atom is 0.339 e.